The van der Waals surface area contributed by atoms with Crippen LogP contribution in [0.15, 0.2) is 0 Å². The lowest BCUT2D eigenvalue weighted by Gasteiger charge is -2.20. The molecule has 0 aromatic carbocycles. The molecule has 1 nitrogen and oxygen atoms in total. The van der Waals surface area contributed by atoms with Crippen LogP contribution in [0.2, 0.25) is 0 Å². The molecule has 0 N–H and O–H groups in total. The average Bonchev–Trinajstić information content (AvgIpc) is 2.51. The maximum absolute atomic E-state index is 12.0. The molecule has 0 spiro atoms. The summed E-state index contributed by atoms with van der Waals surface area (Å²) in [4.78, 5) is 12.0. The largest absolute Gasteiger partial charge is 0.299 e. The second kappa shape index (κ2) is 14.3. The van der Waals surface area contributed by atoms with E-state index in [0.29, 0.717) is 5.78 Å². The van der Waals surface area contributed by atoms with Gasteiger partial charge in [0.1, 0.15) is 5.78 Å². The van der Waals surface area contributed by atoms with Crippen LogP contribution in [0.3, 0.4) is 0 Å². The van der Waals surface area contributed by atoms with Crippen molar-refractivity contribution in [3.05, 3.63) is 0 Å². The molecule has 132 valence electrons. The smallest absolute Gasteiger partial charge is 0.138 e. The average molecular weight is 311 g/mol. The lowest BCUT2D eigenvalue weighted by molar-refractivity contribution is -0.127. The molecule has 0 saturated carbocycles. The van der Waals surface area contributed by atoms with E-state index >= 15 is 0 Å². The number of unbranched alkanes of at least 4 members (excludes halogenated alkanes) is 12. The van der Waals surface area contributed by atoms with E-state index in [1.54, 1.807) is 0 Å². The maximum Gasteiger partial charge on any atom is 0.138 e. The van der Waals surface area contributed by atoms with Gasteiger partial charge in [-0.3, -0.25) is 4.79 Å². The van der Waals surface area contributed by atoms with E-state index in [0.717, 1.165) is 19.3 Å². The number of carbonyl (C=O) groups excluding carboxylic acids is 1. The summed E-state index contributed by atoms with van der Waals surface area (Å²) in [5, 5.41) is 0. The molecule has 0 aliphatic carbocycles. The zero-order valence-corrected chi connectivity index (χ0v) is 16.0. The van der Waals surface area contributed by atoms with Crippen LogP contribution >= 0.6 is 0 Å². The van der Waals surface area contributed by atoms with Crippen molar-refractivity contribution in [2.75, 3.05) is 0 Å². The van der Waals surface area contributed by atoms with E-state index in [1.165, 1.54) is 77.0 Å². The summed E-state index contributed by atoms with van der Waals surface area (Å²) < 4.78 is 0. The van der Waals surface area contributed by atoms with Crippen molar-refractivity contribution < 1.29 is 4.79 Å². The Kier molecular flexibility index (Phi) is 14.1. The highest BCUT2D eigenvalue weighted by atomic mass is 16.1. The van der Waals surface area contributed by atoms with Crippen molar-refractivity contribution in [2.24, 2.45) is 5.41 Å². The zero-order chi connectivity index (χ0) is 16.7. The Morgan fingerprint density at radius 3 is 1.36 bits per heavy atom. The summed E-state index contributed by atoms with van der Waals surface area (Å²) in [5.74, 6) is 0.457. The number of ketones is 1. The number of hydrogen-bond donors (Lipinski definition) is 0. The first kappa shape index (κ1) is 21.7. The number of hydrogen-bond acceptors (Lipinski definition) is 1. The standard InChI is InChI=1S/C21H42O/c1-5-7-8-9-10-11-12-13-14-15-16-17-18-19-20(22)21(3,4)6-2/h5-19H2,1-4H3. The number of Topliss-reactive ketones (excluding diaryl/α,β-unsaturated/α-hetero) is 1. The van der Waals surface area contributed by atoms with Gasteiger partial charge in [0.05, 0.1) is 0 Å². The minimum absolute atomic E-state index is 0.100. The van der Waals surface area contributed by atoms with Gasteiger partial charge in [0.2, 0.25) is 0 Å². The van der Waals surface area contributed by atoms with Crippen molar-refractivity contribution in [2.45, 2.75) is 124 Å². The first-order valence-electron chi connectivity index (χ1n) is 10.1. The molecule has 0 amide bonds. The Hall–Kier alpha value is -0.330. The van der Waals surface area contributed by atoms with Gasteiger partial charge in [-0.1, -0.05) is 105 Å². The molecule has 0 radical (unpaired) electrons. The minimum atomic E-state index is -0.100. The predicted molar refractivity (Wildman–Crippen MR) is 99.4 cm³/mol. The molecule has 22 heavy (non-hydrogen) atoms. The molecule has 0 saturated heterocycles. The fraction of sp³-hybridized carbons (Fsp3) is 0.952. The van der Waals surface area contributed by atoms with E-state index in [2.05, 4.69) is 27.7 Å². The summed E-state index contributed by atoms with van der Waals surface area (Å²) >= 11 is 0. The maximum atomic E-state index is 12.0. The molecule has 0 aliphatic heterocycles. The van der Waals surface area contributed by atoms with E-state index in [4.69, 9.17) is 0 Å². The van der Waals surface area contributed by atoms with E-state index in [-0.39, 0.29) is 5.41 Å². The van der Waals surface area contributed by atoms with Gasteiger partial charge in [-0.2, -0.15) is 0 Å². The molecule has 0 rings (SSSR count). The summed E-state index contributed by atoms with van der Waals surface area (Å²) in [6.45, 7) is 8.55. The summed E-state index contributed by atoms with van der Waals surface area (Å²) in [6.07, 6.45) is 19.5. The number of carbonyl (C=O) groups is 1. The fourth-order valence-electron chi connectivity index (χ4n) is 2.84. The predicted octanol–water partition coefficient (Wildman–Crippen LogP) is 7.47. The van der Waals surface area contributed by atoms with Gasteiger partial charge < -0.3 is 0 Å². The van der Waals surface area contributed by atoms with Gasteiger partial charge in [-0.05, 0) is 12.8 Å². The molecule has 0 heterocycles. The third kappa shape index (κ3) is 12.2. The summed E-state index contributed by atoms with van der Waals surface area (Å²) in [6, 6.07) is 0. The van der Waals surface area contributed by atoms with Crippen LogP contribution in [0.5, 0.6) is 0 Å². The van der Waals surface area contributed by atoms with Crippen molar-refractivity contribution in [1.29, 1.82) is 0 Å². The van der Waals surface area contributed by atoms with Crippen LogP contribution in [0, 0.1) is 5.41 Å². The van der Waals surface area contributed by atoms with E-state index in [9.17, 15) is 4.79 Å². The van der Waals surface area contributed by atoms with Crippen LogP contribution in [-0.4, -0.2) is 5.78 Å². The van der Waals surface area contributed by atoms with Gasteiger partial charge in [0.25, 0.3) is 0 Å². The van der Waals surface area contributed by atoms with Gasteiger partial charge in [0.15, 0.2) is 0 Å². The van der Waals surface area contributed by atoms with Gasteiger partial charge in [-0.25, -0.2) is 0 Å². The molecular formula is C21H42O. The van der Waals surface area contributed by atoms with Crippen molar-refractivity contribution >= 4 is 5.78 Å². The summed E-state index contributed by atoms with van der Waals surface area (Å²) in [5.41, 5.74) is -0.100. The lowest BCUT2D eigenvalue weighted by Crippen LogP contribution is -2.22. The Morgan fingerprint density at radius 2 is 1.00 bits per heavy atom. The Balaban J connectivity index is 3.23. The molecule has 0 unspecified atom stereocenters. The van der Waals surface area contributed by atoms with Crippen LogP contribution in [0.4, 0.5) is 0 Å². The van der Waals surface area contributed by atoms with E-state index < -0.39 is 0 Å². The first-order valence-corrected chi connectivity index (χ1v) is 10.1. The highest BCUT2D eigenvalue weighted by Crippen LogP contribution is 2.24. The monoisotopic (exact) mass is 310 g/mol. The molecule has 0 aliphatic rings. The molecule has 0 aromatic heterocycles. The molecule has 0 atom stereocenters. The fourth-order valence-corrected chi connectivity index (χ4v) is 2.84. The quantitative estimate of drug-likeness (QED) is 0.270. The molecule has 0 fully saturated rings. The van der Waals surface area contributed by atoms with Crippen molar-refractivity contribution in [3.8, 4) is 0 Å². The van der Waals surface area contributed by atoms with Crippen molar-refractivity contribution in [1.82, 2.24) is 0 Å². The highest BCUT2D eigenvalue weighted by molar-refractivity contribution is 5.83. The Bertz CT molecular complexity index is 255. The SMILES string of the molecule is CCCCCCCCCCCCCCCC(=O)C(C)(C)CC. The van der Waals surface area contributed by atoms with Crippen LogP contribution < -0.4 is 0 Å². The second-order valence-electron chi connectivity index (χ2n) is 7.65. The third-order valence-corrected chi connectivity index (χ3v) is 5.15. The first-order chi connectivity index (χ1) is 10.5. The van der Waals surface area contributed by atoms with Gasteiger partial charge in [0, 0.05) is 11.8 Å². The topological polar surface area (TPSA) is 17.1 Å². The van der Waals surface area contributed by atoms with Gasteiger partial charge in [-0.15, -0.1) is 0 Å². The normalized spacial score (nSPS) is 11.8. The molecule has 0 aromatic rings. The molecular weight excluding hydrogens is 268 g/mol. The minimum Gasteiger partial charge on any atom is -0.299 e. The van der Waals surface area contributed by atoms with Gasteiger partial charge >= 0.3 is 0 Å². The Morgan fingerprint density at radius 1 is 0.636 bits per heavy atom. The molecule has 1 heteroatoms. The lowest BCUT2D eigenvalue weighted by atomic mass is 9.83. The highest BCUT2D eigenvalue weighted by Gasteiger charge is 2.23. The van der Waals surface area contributed by atoms with Crippen molar-refractivity contribution in [3.63, 3.8) is 0 Å². The Labute approximate surface area is 140 Å². The summed E-state index contributed by atoms with van der Waals surface area (Å²) in [7, 11) is 0. The van der Waals surface area contributed by atoms with E-state index in [1.807, 2.05) is 0 Å². The van der Waals surface area contributed by atoms with Crippen LogP contribution in [0.25, 0.3) is 0 Å². The second-order valence-corrected chi connectivity index (χ2v) is 7.65. The van der Waals surface area contributed by atoms with Crippen LogP contribution in [0.1, 0.15) is 124 Å². The number of rotatable bonds is 16. The molecule has 0 bridgehead atoms. The van der Waals surface area contributed by atoms with Crippen LogP contribution in [-0.2, 0) is 4.79 Å². The third-order valence-electron chi connectivity index (χ3n) is 5.15. The zero-order valence-electron chi connectivity index (χ0n) is 16.0.